The van der Waals surface area contributed by atoms with Gasteiger partial charge in [0.1, 0.15) is 0 Å². The molecule has 2 rings (SSSR count). The minimum atomic E-state index is -3.07. The van der Waals surface area contributed by atoms with Crippen LogP contribution < -0.4 is 4.90 Å². The van der Waals surface area contributed by atoms with Gasteiger partial charge in [0.2, 0.25) is 0 Å². The summed E-state index contributed by atoms with van der Waals surface area (Å²) in [6.07, 6.45) is 0.830. The summed E-state index contributed by atoms with van der Waals surface area (Å²) < 4.78 is 23.7. The maximum atomic E-state index is 11.9. The van der Waals surface area contributed by atoms with E-state index in [1.165, 1.54) is 0 Å². The molecular formula is C14H19NO4S. The average molecular weight is 297 g/mol. The molecule has 110 valence electrons. The number of aromatic carboxylic acids is 1. The molecule has 0 spiro atoms. The Morgan fingerprint density at radius 1 is 1.40 bits per heavy atom. The Morgan fingerprint density at radius 3 is 2.70 bits per heavy atom. The summed E-state index contributed by atoms with van der Waals surface area (Å²) in [6, 6.07) is 5.04. The van der Waals surface area contributed by atoms with Crippen LogP contribution in [0.5, 0.6) is 0 Å². The van der Waals surface area contributed by atoms with Crippen LogP contribution >= 0.6 is 0 Å². The monoisotopic (exact) mass is 297 g/mol. The van der Waals surface area contributed by atoms with Crippen molar-refractivity contribution in [1.29, 1.82) is 0 Å². The summed E-state index contributed by atoms with van der Waals surface area (Å²) in [4.78, 5) is 13.0. The van der Waals surface area contributed by atoms with Gasteiger partial charge in [0, 0.05) is 18.8 Å². The fourth-order valence-corrected chi connectivity index (χ4v) is 3.23. The Morgan fingerprint density at radius 2 is 2.10 bits per heavy atom. The fraction of sp³-hybridized carbons (Fsp3) is 0.500. The predicted octanol–water partition coefficient (Wildman–Crippen LogP) is 1.57. The van der Waals surface area contributed by atoms with E-state index in [-0.39, 0.29) is 16.6 Å². The Bertz CT molecular complexity index is 622. The van der Waals surface area contributed by atoms with Gasteiger partial charge in [-0.05, 0) is 38.0 Å². The van der Waals surface area contributed by atoms with Gasteiger partial charge in [-0.25, -0.2) is 13.2 Å². The molecule has 0 fully saturated rings. The lowest BCUT2D eigenvalue weighted by atomic mass is 10.1. The van der Waals surface area contributed by atoms with Crippen LogP contribution in [0, 0.1) is 0 Å². The summed E-state index contributed by atoms with van der Waals surface area (Å²) >= 11 is 0. The van der Waals surface area contributed by atoms with E-state index in [1.54, 1.807) is 26.0 Å². The second kappa shape index (κ2) is 5.44. The second-order valence-corrected chi connectivity index (χ2v) is 7.98. The minimum Gasteiger partial charge on any atom is -0.478 e. The molecule has 0 amide bonds. The van der Waals surface area contributed by atoms with Crippen LogP contribution in [0.4, 0.5) is 5.69 Å². The van der Waals surface area contributed by atoms with Crippen LogP contribution in [-0.2, 0) is 16.3 Å². The van der Waals surface area contributed by atoms with Gasteiger partial charge in [-0.2, -0.15) is 0 Å². The number of rotatable bonds is 5. The Hall–Kier alpha value is -1.56. The van der Waals surface area contributed by atoms with Crippen molar-refractivity contribution in [1.82, 2.24) is 0 Å². The molecule has 20 heavy (non-hydrogen) atoms. The van der Waals surface area contributed by atoms with Crippen LogP contribution in [0.15, 0.2) is 18.2 Å². The third-order valence-corrected chi connectivity index (χ3v) is 5.88. The maximum absolute atomic E-state index is 11.9. The quantitative estimate of drug-likeness (QED) is 0.893. The van der Waals surface area contributed by atoms with Gasteiger partial charge in [0.15, 0.2) is 9.84 Å². The molecule has 0 saturated carbocycles. The largest absolute Gasteiger partial charge is 0.478 e. The zero-order valence-electron chi connectivity index (χ0n) is 11.7. The maximum Gasteiger partial charge on any atom is 0.335 e. The van der Waals surface area contributed by atoms with Crippen LogP contribution in [-0.4, -0.2) is 43.6 Å². The number of benzene rings is 1. The lowest BCUT2D eigenvalue weighted by molar-refractivity contribution is 0.0697. The molecule has 0 saturated heterocycles. The third-order valence-electron chi connectivity index (χ3n) is 3.69. The van der Waals surface area contributed by atoms with Gasteiger partial charge in [0.25, 0.3) is 0 Å². The Balaban J connectivity index is 2.15. The molecule has 0 atom stereocenters. The molecule has 1 aliphatic rings. The molecule has 6 heteroatoms. The van der Waals surface area contributed by atoms with Crippen LogP contribution in [0.2, 0.25) is 0 Å². The minimum absolute atomic E-state index is 0.0986. The summed E-state index contributed by atoms with van der Waals surface area (Å²) in [7, 11) is -3.07. The molecule has 0 aliphatic carbocycles. The lowest BCUT2D eigenvalue weighted by Gasteiger charge is -2.20. The van der Waals surface area contributed by atoms with Crippen molar-refractivity contribution < 1.29 is 18.3 Å². The summed E-state index contributed by atoms with van der Waals surface area (Å²) in [5, 5.41) is 8.64. The number of fused-ring (bicyclic) bond motifs is 1. The first-order valence-corrected chi connectivity index (χ1v) is 8.35. The van der Waals surface area contributed by atoms with E-state index in [2.05, 4.69) is 0 Å². The van der Waals surface area contributed by atoms with E-state index >= 15 is 0 Å². The third kappa shape index (κ3) is 2.95. The Labute approximate surface area is 119 Å². The molecule has 5 nitrogen and oxygen atoms in total. The first kappa shape index (κ1) is 14.8. The SMILES string of the molecule is CC(C)S(=O)(=O)CCN1CCc2ccc(C(=O)O)cc21. The molecule has 0 radical (unpaired) electrons. The number of nitrogens with zero attached hydrogens (tertiary/aromatic N) is 1. The highest BCUT2D eigenvalue weighted by Crippen LogP contribution is 2.29. The molecule has 1 aromatic carbocycles. The Kier molecular flexibility index (Phi) is 4.04. The molecule has 0 aromatic heterocycles. The van der Waals surface area contributed by atoms with Gasteiger partial charge >= 0.3 is 5.97 Å². The standard InChI is InChI=1S/C14H19NO4S/c1-10(2)20(18,19)8-7-15-6-5-11-3-4-12(14(16)17)9-13(11)15/h3-4,9-10H,5-8H2,1-2H3,(H,16,17). The number of hydrogen-bond acceptors (Lipinski definition) is 4. The average Bonchev–Trinajstić information content (AvgIpc) is 2.78. The van der Waals surface area contributed by atoms with Crippen molar-refractivity contribution >= 4 is 21.5 Å². The number of carboxylic acids is 1. The summed E-state index contributed by atoms with van der Waals surface area (Å²) in [6.45, 7) is 4.51. The number of carboxylic acid groups (broad SMARTS) is 1. The van der Waals surface area contributed by atoms with Crippen molar-refractivity contribution in [3.8, 4) is 0 Å². The van der Waals surface area contributed by atoms with Crippen molar-refractivity contribution in [2.24, 2.45) is 0 Å². The zero-order valence-corrected chi connectivity index (χ0v) is 12.5. The van der Waals surface area contributed by atoms with E-state index in [0.717, 1.165) is 24.2 Å². The number of hydrogen-bond donors (Lipinski definition) is 1. The normalized spacial score (nSPS) is 14.7. The predicted molar refractivity (Wildman–Crippen MR) is 78.2 cm³/mol. The van der Waals surface area contributed by atoms with Crippen LogP contribution in [0.3, 0.4) is 0 Å². The molecule has 1 aromatic rings. The smallest absolute Gasteiger partial charge is 0.335 e. The van der Waals surface area contributed by atoms with E-state index in [0.29, 0.717) is 6.54 Å². The topological polar surface area (TPSA) is 74.7 Å². The summed E-state index contributed by atoms with van der Waals surface area (Å²) in [5.41, 5.74) is 2.17. The first-order chi connectivity index (χ1) is 9.31. The van der Waals surface area contributed by atoms with E-state index < -0.39 is 15.8 Å². The van der Waals surface area contributed by atoms with E-state index in [4.69, 9.17) is 5.11 Å². The van der Waals surface area contributed by atoms with E-state index in [1.807, 2.05) is 11.0 Å². The van der Waals surface area contributed by atoms with Crippen LogP contribution in [0.25, 0.3) is 0 Å². The van der Waals surface area contributed by atoms with Gasteiger partial charge in [-0.1, -0.05) is 6.07 Å². The number of sulfone groups is 1. The summed E-state index contributed by atoms with van der Waals surface area (Å²) in [5.74, 6) is -0.865. The number of carbonyl (C=O) groups is 1. The molecule has 0 unspecified atom stereocenters. The van der Waals surface area contributed by atoms with Crippen molar-refractivity contribution in [3.63, 3.8) is 0 Å². The first-order valence-electron chi connectivity index (χ1n) is 6.64. The van der Waals surface area contributed by atoms with Gasteiger partial charge in [-0.15, -0.1) is 0 Å². The van der Waals surface area contributed by atoms with Gasteiger partial charge < -0.3 is 10.0 Å². The highest BCUT2D eigenvalue weighted by molar-refractivity contribution is 7.92. The van der Waals surface area contributed by atoms with Gasteiger partial charge in [-0.3, -0.25) is 0 Å². The molecule has 1 aliphatic heterocycles. The van der Waals surface area contributed by atoms with Crippen LogP contribution in [0.1, 0.15) is 29.8 Å². The fourth-order valence-electron chi connectivity index (χ4n) is 2.28. The lowest BCUT2D eigenvalue weighted by Crippen LogP contribution is -2.30. The molecular weight excluding hydrogens is 278 g/mol. The second-order valence-electron chi connectivity index (χ2n) is 5.30. The highest BCUT2D eigenvalue weighted by atomic mass is 32.2. The van der Waals surface area contributed by atoms with Crippen molar-refractivity contribution in [2.75, 3.05) is 23.7 Å². The molecule has 1 heterocycles. The highest BCUT2D eigenvalue weighted by Gasteiger charge is 2.23. The number of anilines is 1. The molecule has 1 N–H and O–H groups in total. The van der Waals surface area contributed by atoms with Crippen molar-refractivity contribution in [2.45, 2.75) is 25.5 Å². The zero-order chi connectivity index (χ0) is 14.9. The van der Waals surface area contributed by atoms with Crippen molar-refractivity contribution in [3.05, 3.63) is 29.3 Å². The van der Waals surface area contributed by atoms with E-state index in [9.17, 15) is 13.2 Å². The molecule has 0 bridgehead atoms. The van der Waals surface area contributed by atoms with Gasteiger partial charge in [0.05, 0.1) is 16.6 Å².